The standard InChI is InChI=1S/C43H28BN/c1-4-15-29(16-5-1)32-27-28-36-40-42(32)45-39-26-13-10-21-33(39)34-22-14-25-38(41(34)45)44(40)37-24-12-11-23-35(37)43(36,30-17-6-2-7-18-30)31-19-8-3-9-20-31/h1-28H. The molecule has 7 aromatic carbocycles. The van der Waals surface area contributed by atoms with Crippen molar-refractivity contribution in [1.29, 1.82) is 0 Å². The molecule has 0 bridgehead atoms. The molecule has 10 rings (SSSR count). The van der Waals surface area contributed by atoms with Gasteiger partial charge in [0.15, 0.2) is 0 Å². The lowest BCUT2D eigenvalue weighted by atomic mass is 9.29. The van der Waals surface area contributed by atoms with Crippen molar-refractivity contribution >= 4 is 44.9 Å². The SMILES string of the molecule is c1ccc(-c2ccc3c4c2-n2c5ccccc5c5cccc(c52)B4c2ccccc2C3(c2ccccc2)c2ccccc2)cc1. The molecule has 0 aliphatic carbocycles. The second-order valence-electron chi connectivity index (χ2n) is 12.4. The minimum atomic E-state index is -0.483. The van der Waals surface area contributed by atoms with Crippen molar-refractivity contribution in [3.05, 3.63) is 192 Å². The molecule has 0 N–H and O–H groups in total. The number of nitrogens with zero attached hydrogens (tertiary/aromatic N) is 1. The molecule has 2 aliphatic rings. The highest BCUT2D eigenvalue weighted by molar-refractivity contribution is 6.99. The van der Waals surface area contributed by atoms with Crippen LogP contribution in [0.4, 0.5) is 0 Å². The van der Waals surface area contributed by atoms with Gasteiger partial charge in [-0.3, -0.25) is 0 Å². The van der Waals surface area contributed by atoms with Gasteiger partial charge in [0.2, 0.25) is 6.71 Å². The summed E-state index contributed by atoms with van der Waals surface area (Å²) in [5.74, 6) is 0. The van der Waals surface area contributed by atoms with Crippen LogP contribution in [0.2, 0.25) is 0 Å². The van der Waals surface area contributed by atoms with E-state index in [2.05, 4.69) is 174 Å². The molecule has 8 aromatic rings. The summed E-state index contributed by atoms with van der Waals surface area (Å²) in [6.07, 6.45) is 0. The number of hydrogen-bond donors (Lipinski definition) is 0. The van der Waals surface area contributed by atoms with E-state index in [-0.39, 0.29) is 6.71 Å². The quantitative estimate of drug-likeness (QED) is 0.190. The van der Waals surface area contributed by atoms with Gasteiger partial charge in [-0.15, -0.1) is 0 Å². The van der Waals surface area contributed by atoms with Crippen LogP contribution in [0, 0.1) is 0 Å². The first kappa shape index (κ1) is 24.8. The van der Waals surface area contributed by atoms with Gasteiger partial charge in [0.25, 0.3) is 0 Å². The lowest BCUT2D eigenvalue weighted by Gasteiger charge is -2.46. The second kappa shape index (κ2) is 9.20. The van der Waals surface area contributed by atoms with Crippen molar-refractivity contribution in [2.45, 2.75) is 5.41 Å². The Morgan fingerprint density at radius 2 is 1.04 bits per heavy atom. The highest BCUT2D eigenvalue weighted by atomic mass is 15.0. The van der Waals surface area contributed by atoms with Gasteiger partial charge in [-0.25, -0.2) is 0 Å². The zero-order chi connectivity index (χ0) is 29.5. The molecule has 0 spiro atoms. The molecule has 1 aromatic heterocycles. The zero-order valence-electron chi connectivity index (χ0n) is 24.7. The summed E-state index contributed by atoms with van der Waals surface area (Å²) in [7, 11) is 0. The lowest BCUT2D eigenvalue weighted by Crippen LogP contribution is -2.64. The maximum atomic E-state index is 2.59. The molecular weight excluding hydrogens is 541 g/mol. The van der Waals surface area contributed by atoms with Gasteiger partial charge in [0.05, 0.1) is 10.9 Å². The number of aromatic nitrogens is 1. The first-order chi connectivity index (χ1) is 22.4. The first-order valence-corrected chi connectivity index (χ1v) is 15.8. The lowest BCUT2D eigenvalue weighted by molar-refractivity contribution is 0.750. The van der Waals surface area contributed by atoms with Crippen LogP contribution in [0.3, 0.4) is 0 Å². The summed E-state index contributed by atoms with van der Waals surface area (Å²) < 4.78 is 2.59. The third-order valence-electron chi connectivity index (χ3n) is 10.3. The molecule has 1 nitrogen and oxygen atoms in total. The summed E-state index contributed by atoms with van der Waals surface area (Å²) in [6.45, 7) is 0.107. The smallest absolute Gasteiger partial charge is 0.247 e. The number of hydrogen-bond acceptors (Lipinski definition) is 0. The van der Waals surface area contributed by atoms with E-state index in [9.17, 15) is 0 Å². The minimum absolute atomic E-state index is 0.107. The van der Waals surface area contributed by atoms with E-state index < -0.39 is 5.41 Å². The van der Waals surface area contributed by atoms with Crippen LogP contribution in [-0.2, 0) is 5.41 Å². The number of benzene rings is 7. The van der Waals surface area contributed by atoms with Gasteiger partial charge in [0, 0.05) is 27.5 Å². The van der Waals surface area contributed by atoms with Crippen LogP contribution in [0.25, 0.3) is 38.6 Å². The summed E-state index contributed by atoms with van der Waals surface area (Å²) in [6, 6.07) is 63.2. The first-order valence-electron chi connectivity index (χ1n) is 15.8. The van der Waals surface area contributed by atoms with Gasteiger partial charge >= 0.3 is 0 Å². The molecule has 0 amide bonds. The van der Waals surface area contributed by atoms with Gasteiger partial charge in [-0.1, -0.05) is 169 Å². The second-order valence-corrected chi connectivity index (χ2v) is 12.4. The molecule has 0 saturated heterocycles. The van der Waals surface area contributed by atoms with Gasteiger partial charge in [0.1, 0.15) is 0 Å². The highest BCUT2D eigenvalue weighted by Crippen LogP contribution is 2.49. The summed E-state index contributed by atoms with van der Waals surface area (Å²) >= 11 is 0. The van der Waals surface area contributed by atoms with Gasteiger partial charge in [-0.05, 0) is 44.8 Å². The van der Waals surface area contributed by atoms with Gasteiger partial charge < -0.3 is 4.57 Å². The molecule has 0 saturated carbocycles. The van der Waals surface area contributed by atoms with Crippen molar-refractivity contribution in [2.75, 3.05) is 0 Å². The average molecular weight is 570 g/mol. The van der Waals surface area contributed by atoms with E-state index in [1.807, 2.05) is 0 Å². The molecule has 0 radical (unpaired) electrons. The Kier molecular flexibility index (Phi) is 5.07. The summed E-state index contributed by atoms with van der Waals surface area (Å²) in [5.41, 5.74) is 15.4. The molecule has 0 unspecified atom stereocenters. The van der Waals surface area contributed by atoms with Crippen LogP contribution in [-0.4, -0.2) is 11.3 Å². The molecular formula is C43H28BN. The monoisotopic (exact) mass is 569 g/mol. The van der Waals surface area contributed by atoms with Crippen molar-refractivity contribution in [3.63, 3.8) is 0 Å². The Morgan fingerprint density at radius 1 is 0.444 bits per heavy atom. The largest absolute Gasteiger partial charge is 0.310 e. The molecule has 0 atom stereocenters. The predicted octanol–water partition coefficient (Wildman–Crippen LogP) is 7.98. The van der Waals surface area contributed by atoms with Crippen LogP contribution >= 0.6 is 0 Å². The van der Waals surface area contributed by atoms with E-state index in [4.69, 9.17) is 0 Å². The van der Waals surface area contributed by atoms with Crippen LogP contribution in [0.1, 0.15) is 22.3 Å². The highest BCUT2D eigenvalue weighted by Gasteiger charge is 2.51. The maximum Gasteiger partial charge on any atom is 0.247 e. The third kappa shape index (κ3) is 3.14. The van der Waals surface area contributed by atoms with Crippen molar-refractivity contribution < 1.29 is 0 Å². The molecule has 45 heavy (non-hydrogen) atoms. The molecule has 3 heterocycles. The van der Waals surface area contributed by atoms with Crippen LogP contribution in [0.15, 0.2) is 170 Å². The van der Waals surface area contributed by atoms with Crippen LogP contribution in [0.5, 0.6) is 0 Å². The zero-order valence-corrected chi connectivity index (χ0v) is 24.7. The van der Waals surface area contributed by atoms with Crippen molar-refractivity contribution in [1.82, 2.24) is 4.57 Å². The Bertz CT molecular complexity index is 2380. The van der Waals surface area contributed by atoms with Crippen molar-refractivity contribution in [3.8, 4) is 16.8 Å². The van der Waals surface area contributed by atoms with E-state index in [0.29, 0.717) is 0 Å². The predicted molar refractivity (Wildman–Crippen MR) is 189 cm³/mol. The number of rotatable bonds is 3. The fraction of sp³-hybridized carbons (Fsp3) is 0.0233. The maximum absolute atomic E-state index is 2.59. The van der Waals surface area contributed by atoms with Crippen LogP contribution < -0.4 is 16.4 Å². The topological polar surface area (TPSA) is 4.93 Å². The Labute approximate surface area is 263 Å². The van der Waals surface area contributed by atoms with Crippen molar-refractivity contribution in [2.24, 2.45) is 0 Å². The molecule has 2 heteroatoms. The summed E-state index contributed by atoms with van der Waals surface area (Å²) in [5, 5.41) is 2.62. The third-order valence-corrected chi connectivity index (χ3v) is 10.3. The Morgan fingerprint density at radius 3 is 1.80 bits per heavy atom. The molecule has 0 fully saturated rings. The Balaban J connectivity index is 1.48. The van der Waals surface area contributed by atoms with E-state index in [0.717, 1.165) is 0 Å². The fourth-order valence-electron chi connectivity index (χ4n) is 8.71. The number of para-hydroxylation sites is 2. The van der Waals surface area contributed by atoms with E-state index >= 15 is 0 Å². The number of fused-ring (bicyclic) bond motifs is 7. The minimum Gasteiger partial charge on any atom is -0.310 e. The fourth-order valence-corrected chi connectivity index (χ4v) is 8.71. The Hall–Kier alpha value is -5.60. The van der Waals surface area contributed by atoms with E-state index in [1.54, 1.807) is 0 Å². The molecule has 208 valence electrons. The normalized spacial score (nSPS) is 13.9. The van der Waals surface area contributed by atoms with E-state index in [1.165, 1.54) is 77.3 Å². The average Bonchev–Trinajstić information content (AvgIpc) is 3.46. The summed E-state index contributed by atoms with van der Waals surface area (Å²) in [4.78, 5) is 0. The molecule has 2 aliphatic heterocycles. The van der Waals surface area contributed by atoms with Gasteiger partial charge in [-0.2, -0.15) is 0 Å².